The summed E-state index contributed by atoms with van der Waals surface area (Å²) in [6.45, 7) is 3.74. The second-order valence-corrected chi connectivity index (χ2v) is 5.35. The number of fused-ring (bicyclic) bond motifs is 3. The summed E-state index contributed by atoms with van der Waals surface area (Å²) >= 11 is 0. The molecule has 0 aliphatic carbocycles. The van der Waals surface area contributed by atoms with Crippen molar-refractivity contribution in [3.05, 3.63) is 23.8 Å². The van der Waals surface area contributed by atoms with Crippen molar-refractivity contribution in [2.45, 2.75) is 18.8 Å². The minimum Gasteiger partial charge on any atom is -0.497 e. The van der Waals surface area contributed by atoms with Crippen LogP contribution < -0.4 is 9.47 Å². The molecule has 1 aromatic rings. The predicted octanol–water partition coefficient (Wildman–Crippen LogP) is 2.51. The third kappa shape index (κ3) is 1.97. The normalized spacial score (nSPS) is 30.2. The maximum Gasteiger partial charge on any atom is 0.126 e. The zero-order chi connectivity index (χ0) is 12.5. The molecule has 0 aromatic heterocycles. The molecule has 98 valence electrons. The molecule has 4 rings (SSSR count). The van der Waals surface area contributed by atoms with Gasteiger partial charge in [0, 0.05) is 18.5 Å². The van der Waals surface area contributed by atoms with E-state index in [0.717, 1.165) is 17.4 Å². The molecular formula is C15H21NO2. The Morgan fingerprint density at radius 2 is 1.89 bits per heavy atom. The molecule has 3 fully saturated rings. The Hall–Kier alpha value is -1.22. The topological polar surface area (TPSA) is 21.7 Å². The summed E-state index contributed by atoms with van der Waals surface area (Å²) in [5, 5.41) is 0. The lowest BCUT2D eigenvalue weighted by atomic mass is 9.75. The second kappa shape index (κ2) is 4.81. The van der Waals surface area contributed by atoms with E-state index in [4.69, 9.17) is 9.47 Å². The molecule has 3 aliphatic heterocycles. The molecule has 0 N–H and O–H groups in total. The van der Waals surface area contributed by atoms with Gasteiger partial charge >= 0.3 is 0 Å². The summed E-state index contributed by atoms with van der Waals surface area (Å²) in [5.74, 6) is 3.32. The molecule has 2 bridgehead atoms. The summed E-state index contributed by atoms with van der Waals surface area (Å²) < 4.78 is 10.8. The number of methoxy groups -OCH3 is 2. The fourth-order valence-electron chi connectivity index (χ4n) is 3.44. The Kier molecular flexibility index (Phi) is 3.16. The number of hydrogen-bond acceptors (Lipinski definition) is 3. The molecular weight excluding hydrogens is 226 g/mol. The minimum atomic E-state index is 0.633. The van der Waals surface area contributed by atoms with E-state index < -0.39 is 0 Å². The second-order valence-electron chi connectivity index (χ2n) is 5.35. The van der Waals surface area contributed by atoms with Gasteiger partial charge < -0.3 is 14.4 Å². The molecule has 3 saturated heterocycles. The van der Waals surface area contributed by atoms with Crippen LogP contribution in [-0.2, 0) is 0 Å². The van der Waals surface area contributed by atoms with Crippen LogP contribution >= 0.6 is 0 Å². The SMILES string of the molecule is COc1ccc(C2CN3CCC2CC3)c(OC)c1. The Bertz CT molecular complexity index is 425. The Labute approximate surface area is 109 Å². The quantitative estimate of drug-likeness (QED) is 0.819. The summed E-state index contributed by atoms with van der Waals surface area (Å²) in [7, 11) is 3.45. The number of ether oxygens (including phenoxy) is 2. The van der Waals surface area contributed by atoms with Crippen molar-refractivity contribution < 1.29 is 9.47 Å². The summed E-state index contributed by atoms with van der Waals surface area (Å²) in [4.78, 5) is 2.58. The lowest BCUT2D eigenvalue weighted by molar-refractivity contribution is 0.0860. The molecule has 0 amide bonds. The van der Waals surface area contributed by atoms with Gasteiger partial charge in [-0.25, -0.2) is 0 Å². The molecule has 0 radical (unpaired) electrons. The summed E-state index contributed by atoms with van der Waals surface area (Å²) in [6, 6.07) is 6.24. The highest BCUT2D eigenvalue weighted by Gasteiger charge is 2.36. The molecule has 1 atom stereocenters. The van der Waals surface area contributed by atoms with Gasteiger partial charge in [0.05, 0.1) is 14.2 Å². The first-order chi connectivity index (χ1) is 8.81. The first-order valence-electron chi connectivity index (χ1n) is 6.76. The van der Waals surface area contributed by atoms with Crippen LogP contribution in [-0.4, -0.2) is 38.8 Å². The van der Waals surface area contributed by atoms with Gasteiger partial charge in [-0.15, -0.1) is 0 Å². The molecule has 1 aromatic carbocycles. The fraction of sp³-hybridized carbons (Fsp3) is 0.600. The predicted molar refractivity (Wildman–Crippen MR) is 71.5 cm³/mol. The smallest absolute Gasteiger partial charge is 0.126 e. The van der Waals surface area contributed by atoms with Crippen molar-refractivity contribution in [1.82, 2.24) is 4.90 Å². The summed E-state index contributed by atoms with van der Waals surface area (Å²) in [5.41, 5.74) is 1.35. The van der Waals surface area contributed by atoms with E-state index in [2.05, 4.69) is 17.0 Å². The van der Waals surface area contributed by atoms with Gasteiger partial charge in [0.15, 0.2) is 0 Å². The van der Waals surface area contributed by atoms with Crippen LogP contribution in [0.2, 0.25) is 0 Å². The van der Waals surface area contributed by atoms with E-state index in [-0.39, 0.29) is 0 Å². The molecule has 1 unspecified atom stereocenters. The monoisotopic (exact) mass is 247 g/mol. The third-order valence-electron chi connectivity index (χ3n) is 4.50. The van der Waals surface area contributed by atoms with Gasteiger partial charge in [-0.2, -0.15) is 0 Å². The Balaban J connectivity index is 1.91. The van der Waals surface area contributed by atoms with Crippen LogP contribution in [0.15, 0.2) is 18.2 Å². The fourth-order valence-corrected chi connectivity index (χ4v) is 3.44. The van der Waals surface area contributed by atoms with Gasteiger partial charge in [-0.3, -0.25) is 0 Å². The van der Waals surface area contributed by atoms with Crippen molar-refractivity contribution in [3.8, 4) is 11.5 Å². The highest BCUT2D eigenvalue weighted by Crippen LogP contribution is 2.42. The lowest BCUT2D eigenvalue weighted by Gasteiger charge is -2.45. The van der Waals surface area contributed by atoms with Crippen LogP contribution in [0.1, 0.15) is 24.3 Å². The van der Waals surface area contributed by atoms with Crippen LogP contribution in [0.5, 0.6) is 11.5 Å². The van der Waals surface area contributed by atoms with E-state index in [0.29, 0.717) is 5.92 Å². The largest absolute Gasteiger partial charge is 0.497 e. The number of piperidine rings is 3. The first-order valence-corrected chi connectivity index (χ1v) is 6.76. The zero-order valence-corrected chi connectivity index (χ0v) is 11.2. The van der Waals surface area contributed by atoms with Gasteiger partial charge in [0.1, 0.15) is 11.5 Å². The molecule has 3 nitrogen and oxygen atoms in total. The number of nitrogens with zero attached hydrogens (tertiary/aromatic N) is 1. The minimum absolute atomic E-state index is 0.633. The lowest BCUT2D eigenvalue weighted by Crippen LogP contribution is -2.46. The highest BCUT2D eigenvalue weighted by molar-refractivity contribution is 5.43. The number of rotatable bonds is 3. The number of benzene rings is 1. The molecule has 0 saturated carbocycles. The van der Waals surface area contributed by atoms with Crippen LogP contribution in [0.25, 0.3) is 0 Å². The van der Waals surface area contributed by atoms with E-state index >= 15 is 0 Å². The van der Waals surface area contributed by atoms with Crippen LogP contribution in [0.4, 0.5) is 0 Å². The average Bonchev–Trinajstić information content (AvgIpc) is 2.47. The highest BCUT2D eigenvalue weighted by atomic mass is 16.5. The van der Waals surface area contributed by atoms with E-state index in [1.54, 1.807) is 14.2 Å². The van der Waals surface area contributed by atoms with Gasteiger partial charge in [-0.05, 0) is 43.5 Å². The van der Waals surface area contributed by atoms with Crippen molar-refractivity contribution >= 4 is 0 Å². The van der Waals surface area contributed by atoms with Crippen molar-refractivity contribution in [3.63, 3.8) is 0 Å². The zero-order valence-electron chi connectivity index (χ0n) is 11.2. The number of hydrogen-bond donors (Lipinski definition) is 0. The van der Waals surface area contributed by atoms with E-state index in [1.807, 2.05) is 6.07 Å². The van der Waals surface area contributed by atoms with Crippen LogP contribution in [0, 0.1) is 5.92 Å². The van der Waals surface area contributed by atoms with Crippen molar-refractivity contribution in [2.24, 2.45) is 5.92 Å². The van der Waals surface area contributed by atoms with Crippen molar-refractivity contribution in [2.75, 3.05) is 33.9 Å². The Morgan fingerprint density at radius 1 is 1.11 bits per heavy atom. The molecule has 18 heavy (non-hydrogen) atoms. The third-order valence-corrected chi connectivity index (χ3v) is 4.50. The van der Waals surface area contributed by atoms with E-state index in [1.165, 1.54) is 38.0 Å². The van der Waals surface area contributed by atoms with Gasteiger partial charge in [0.2, 0.25) is 0 Å². The Morgan fingerprint density at radius 3 is 2.44 bits per heavy atom. The van der Waals surface area contributed by atoms with Gasteiger partial charge in [0.25, 0.3) is 0 Å². The standard InChI is InChI=1S/C15H21NO2/c1-17-12-3-4-13(15(9-12)18-2)14-10-16-7-5-11(14)6-8-16/h3-4,9,11,14H,5-8,10H2,1-2H3. The molecule has 3 aliphatic rings. The maximum absolute atomic E-state index is 5.55. The van der Waals surface area contributed by atoms with Crippen LogP contribution in [0.3, 0.4) is 0 Å². The first kappa shape index (κ1) is 11.8. The molecule has 0 spiro atoms. The molecule has 3 heterocycles. The van der Waals surface area contributed by atoms with E-state index in [9.17, 15) is 0 Å². The molecule has 3 heteroatoms. The summed E-state index contributed by atoms with van der Waals surface area (Å²) in [6.07, 6.45) is 2.67. The van der Waals surface area contributed by atoms with Crippen molar-refractivity contribution in [1.29, 1.82) is 0 Å². The average molecular weight is 247 g/mol. The van der Waals surface area contributed by atoms with Gasteiger partial charge in [-0.1, -0.05) is 6.07 Å². The maximum atomic E-state index is 5.55.